The molecule has 4 nitrogen and oxygen atoms in total. The van der Waals surface area contributed by atoms with Crippen LogP contribution in [0.3, 0.4) is 0 Å². The highest BCUT2D eigenvalue weighted by atomic mass is 16.2. The first-order chi connectivity index (χ1) is 12.4. The van der Waals surface area contributed by atoms with Gasteiger partial charge in [0.05, 0.1) is 6.54 Å². The maximum atomic E-state index is 12.6. The second-order valence-electron chi connectivity index (χ2n) is 7.31. The van der Waals surface area contributed by atoms with Crippen molar-refractivity contribution in [1.82, 2.24) is 0 Å². The number of hydrogen-bond acceptors (Lipinski definition) is 2. The Morgan fingerprint density at radius 2 is 1.73 bits per heavy atom. The average molecular weight is 355 g/mol. The largest absolute Gasteiger partial charge is 0.378 e. The van der Waals surface area contributed by atoms with E-state index in [0.717, 1.165) is 18.8 Å². The van der Waals surface area contributed by atoms with Crippen molar-refractivity contribution in [2.75, 3.05) is 37.4 Å². The number of carbonyl (C=O) groups excluding carboxylic acids is 1. The van der Waals surface area contributed by atoms with Gasteiger partial charge in [0.1, 0.15) is 6.54 Å². The molecule has 140 valence electrons. The molecule has 0 heterocycles. The number of benzene rings is 2. The molecule has 1 amide bonds. The van der Waals surface area contributed by atoms with E-state index in [2.05, 4.69) is 61.3 Å². The molecule has 0 saturated heterocycles. The smallest absolute Gasteiger partial charge is 0.279 e. The highest BCUT2D eigenvalue weighted by Crippen LogP contribution is 2.23. The van der Waals surface area contributed by atoms with Gasteiger partial charge < -0.3 is 15.1 Å². The highest BCUT2D eigenvalue weighted by Gasteiger charge is 2.15. The van der Waals surface area contributed by atoms with Crippen molar-refractivity contribution in [1.29, 1.82) is 0 Å². The van der Waals surface area contributed by atoms with Crippen LogP contribution in [0, 0.1) is 0 Å². The van der Waals surface area contributed by atoms with Crippen LogP contribution in [0.15, 0.2) is 48.5 Å². The first kappa shape index (κ1) is 20.0. The molecule has 2 rings (SSSR count). The number of amides is 1. The van der Waals surface area contributed by atoms with E-state index in [4.69, 9.17) is 0 Å². The number of carbonyl (C=O) groups is 1. The third-order valence-electron chi connectivity index (χ3n) is 4.67. The third-order valence-corrected chi connectivity index (χ3v) is 4.67. The number of nitrogens with zero attached hydrogens (tertiary/aromatic N) is 1. The molecule has 4 heteroatoms. The van der Waals surface area contributed by atoms with Crippen LogP contribution in [0.4, 0.5) is 11.4 Å². The molecule has 0 saturated carbocycles. The lowest BCUT2D eigenvalue weighted by molar-refractivity contribution is -0.903. The first-order valence-electron chi connectivity index (χ1n) is 9.39. The topological polar surface area (TPSA) is 36.8 Å². The van der Waals surface area contributed by atoms with Gasteiger partial charge in [-0.05, 0) is 36.6 Å². The van der Waals surface area contributed by atoms with Gasteiger partial charge in [-0.3, -0.25) is 4.79 Å². The number of para-hydroxylation sites is 1. The summed E-state index contributed by atoms with van der Waals surface area (Å²) in [5.41, 5.74) is 4.55. The Hall–Kier alpha value is -2.33. The van der Waals surface area contributed by atoms with Crippen molar-refractivity contribution in [2.24, 2.45) is 0 Å². The van der Waals surface area contributed by atoms with Gasteiger partial charge in [-0.15, -0.1) is 0 Å². The molecule has 1 unspecified atom stereocenters. The monoisotopic (exact) mass is 354 g/mol. The second-order valence-corrected chi connectivity index (χ2v) is 7.31. The third kappa shape index (κ3) is 5.60. The van der Waals surface area contributed by atoms with Crippen molar-refractivity contribution < 1.29 is 9.69 Å². The van der Waals surface area contributed by atoms with E-state index in [1.165, 1.54) is 21.7 Å². The Morgan fingerprint density at radius 1 is 1.08 bits per heavy atom. The van der Waals surface area contributed by atoms with Crippen LogP contribution in [-0.2, 0) is 11.3 Å². The molecule has 2 aromatic carbocycles. The van der Waals surface area contributed by atoms with E-state index >= 15 is 0 Å². The average Bonchev–Trinajstić information content (AvgIpc) is 2.61. The van der Waals surface area contributed by atoms with Gasteiger partial charge in [0, 0.05) is 31.0 Å². The van der Waals surface area contributed by atoms with Crippen molar-refractivity contribution in [3.63, 3.8) is 0 Å². The zero-order valence-corrected chi connectivity index (χ0v) is 16.7. The lowest BCUT2D eigenvalue weighted by Crippen LogP contribution is -3.11. The number of quaternary nitrogens is 1. The zero-order chi connectivity index (χ0) is 19.1. The Bertz CT molecular complexity index is 708. The van der Waals surface area contributed by atoms with E-state index < -0.39 is 0 Å². The summed E-state index contributed by atoms with van der Waals surface area (Å²) in [4.78, 5) is 15.9. The minimum absolute atomic E-state index is 0.0693. The van der Waals surface area contributed by atoms with Crippen LogP contribution in [-0.4, -0.2) is 33.1 Å². The Morgan fingerprint density at radius 3 is 2.31 bits per heavy atom. The second kappa shape index (κ2) is 9.39. The van der Waals surface area contributed by atoms with Crippen LogP contribution in [0.1, 0.15) is 37.8 Å². The molecular weight excluding hydrogens is 322 g/mol. The number of anilines is 2. The summed E-state index contributed by atoms with van der Waals surface area (Å²) in [6.45, 7) is 8.65. The molecule has 26 heavy (non-hydrogen) atoms. The SMILES string of the molecule is CC[NH+](CC(=O)Nc1ccccc1C(C)C)Cc1ccc(N(C)C)cc1. The van der Waals surface area contributed by atoms with Crippen LogP contribution >= 0.6 is 0 Å². The van der Waals surface area contributed by atoms with Crippen LogP contribution in [0.25, 0.3) is 0 Å². The number of rotatable bonds is 8. The molecule has 1 atom stereocenters. The lowest BCUT2D eigenvalue weighted by atomic mass is 10.0. The molecule has 0 aliphatic carbocycles. The molecule has 2 aromatic rings. The molecule has 0 radical (unpaired) electrons. The zero-order valence-electron chi connectivity index (χ0n) is 16.7. The molecule has 2 N–H and O–H groups in total. The Kier molecular flexibility index (Phi) is 7.22. The van der Waals surface area contributed by atoms with E-state index in [1.54, 1.807) is 0 Å². The van der Waals surface area contributed by atoms with Gasteiger partial charge in [0.2, 0.25) is 0 Å². The van der Waals surface area contributed by atoms with E-state index in [9.17, 15) is 4.79 Å². The summed E-state index contributed by atoms with van der Waals surface area (Å²) in [5.74, 6) is 0.455. The van der Waals surface area contributed by atoms with Crippen LogP contribution < -0.4 is 15.1 Å². The molecular formula is C22H32N3O+. The maximum absolute atomic E-state index is 12.6. The fraction of sp³-hybridized carbons (Fsp3) is 0.409. The summed E-state index contributed by atoms with van der Waals surface area (Å²) in [6, 6.07) is 16.6. The van der Waals surface area contributed by atoms with Crippen molar-refractivity contribution in [2.45, 2.75) is 33.2 Å². The van der Waals surface area contributed by atoms with Crippen molar-refractivity contribution >= 4 is 17.3 Å². The van der Waals surface area contributed by atoms with E-state index in [-0.39, 0.29) is 5.91 Å². The highest BCUT2D eigenvalue weighted by molar-refractivity contribution is 5.92. The van der Waals surface area contributed by atoms with Gasteiger partial charge in [-0.1, -0.05) is 44.2 Å². The molecule has 0 aliphatic heterocycles. The lowest BCUT2D eigenvalue weighted by Gasteiger charge is -2.19. The molecule has 0 aromatic heterocycles. The maximum Gasteiger partial charge on any atom is 0.279 e. The number of likely N-dealkylation sites (N-methyl/N-ethyl adjacent to an activating group) is 1. The predicted octanol–water partition coefficient (Wildman–Crippen LogP) is 2.92. The summed E-state index contributed by atoms with van der Waals surface area (Å²) in [7, 11) is 4.08. The van der Waals surface area contributed by atoms with Gasteiger partial charge in [0.15, 0.2) is 6.54 Å². The normalized spacial score (nSPS) is 12.1. The van der Waals surface area contributed by atoms with Gasteiger partial charge in [-0.2, -0.15) is 0 Å². The summed E-state index contributed by atoms with van der Waals surface area (Å²) in [5, 5.41) is 3.10. The Labute approximate surface area is 157 Å². The first-order valence-corrected chi connectivity index (χ1v) is 9.39. The number of hydrogen-bond donors (Lipinski definition) is 2. The van der Waals surface area contributed by atoms with E-state index in [1.807, 2.05) is 32.3 Å². The quantitative estimate of drug-likeness (QED) is 0.765. The fourth-order valence-electron chi connectivity index (χ4n) is 3.05. The predicted molar refractivity (Wildman–Crippen MR) is 110 cm³/mol. The van der Waals surface area contributed by atoms with Gasteiger partial charge in [0.25, 0.3) is 5.91 Å². The standard InChI is InChI=1S/C22H31N3O/c1-6-25(15-18-11-13-19(14-12-18)24(4)5)16-22(26)23-21-10-8-7-9-20(21)17(2)3/h7-14,17H,6,15-16H2,1-5H3,(H,23,26)/p+1. The minimum Gasteiger partial charge on any atom is -0.378 e. The summed E-state index contributed by atoms with van der Waals surface area (Å²) in [6.07, 6.45) is 0. The molecule has 0 spiro atoms. The minimum atomic E-state index is 0.0693. The van der Waals surface area contributed by atoms with Crippen LogP contribution in [0.2, 0.25) is 0 Å². The van der Waals surface area contributed by atoms with Crippen molar-refractivity contribution in [3.8, 4) is 0 Å². The van der Waals surface area contributed by atoms with Crippen molar-refractivity contribution in [3.05, 3.63) is 59.7 Å². The summed E-state index contributed by atoms with van der Waals surface area (Å²) < 4.78 is 0. The molecule has 0 bridgehead atoms. The fourth-order valence-corrected chi connectivity index (χ4v) is 3.05. The van der Waals surface area contributed by atoms with Gasteiger partial charge >= 0.3 is 0 Å². The number of nitrogens with one attached hydrogen (secondary N) is 2. The Balaban J connectivity index is 1.98. The molecule has 0 fully saturated rings. The van der Waals surface area contributed by atoms with E-state index in [0.29, 0.717) is 12.5 Å². The van der Waals surface area contributed by atoms with Gasteiger partial charge in [-0.25, -0.2) is 0 Å². The summed E-state index contributed by atoms with van der Waals surface area (Å²) >= 11 is 0. The molecule has 0 aliphatic rings. The van der Waals surface area contributed by atoms with Crippen LogP contribution in [0.5, 0.6) is 0 Å².